The summed E-state index contributed by atoms with van der Waals surface area (Å²) in [6.45, 7) is 6.71. The Morgan fingerprint density at radius 3 is 2.15 bits per heavy atom. The predicted molar refractivity (Wildman–Crippen MR) is 84.4 cm³/mol. The third kappa shape index (κ3) is 4.76. The molecule has 0 heterocycles. The van der Waals surface area contributed by atoms with Crippen molar-refractivity contribution in [3.63, 3.8) is 0 Å². The van der Waals surface area contributed by atoms with Gasteiger partial charge in [0.15, 0.2) is 0 Å². The molecule has 0 aliphatic heterocycles. The van der Waals surface area contributed by atoms with E-state index in [0.717, 1.165) is 13.1 Å². The van der Waals surface area contributed by atoms with Crippen LogP contribution in [0, 0.1) is 0 Å². The van der Waals surface area contributed by atoms with Crippen LogP contribution < -0.4 is 4.72 Å². The topological polar surface area (TPSA) is 49.4 Å². The number of likely N-dealkylation sites (N-methyl/N-ethyl adjacent to an activating group) is 1. The van der Waals surface area contributed by atoms with Crippen LogP contribution in [0.5, 0.6) is 0 Å². The Bertz CT molecular complexity index is 560. The van der Waals surface area contributed by atoms with E-state index in [4.69, 9.17) is 34.8 Å². The van der Waals surface area contributed by atoms with E-state index in [-0.39, 0.29) is 20.0 Å². The molecule has 1 N–H and O–H groups in total. The minimum absolute atomic E-state index is 0.0507. The van der Waals surface area contributed by atoms with Crippen LogP contribution in [0.1, 0.15) is 13.8 Å². The molecule has 0 bridgehead atoms. The Morgan fingerprint density at radius 2 is 1.60 bits per heavy atom. The molecular formula is C12H17Cl3N2O2S. The summed E-state index contributed by atoms with van der Waals surface area (Å²) in [6, 6.07) is 2.58. The summed E-state index contributed by atoms with van der Waals surface area (Å²) >= 11 is 17.5. The maximum Gasteiger partial charge on any atom is 0.242 e. The summed E-state index contributed by atoms with van der Waals surface area (Å²) in [4.78, 5) is 2.05. The zero-order valence-electron chi connectivity index (χ0n) is 11.3. The predicted octanol–water partition coefficient (Wildman–Crippen LogP) is 3.27. The Morgan fingerprint density at radius 1 is 1.05 bits per heavy atom. The highest BCUT2D eigenvalue weighted by Crippen LogP contribution is 2.31. The quantitative estimate of drug-likeness (QED) is 0.760. The molecule has 1 aromatic carbocycles. The van der Waals surface area contributed by atoms with Gasteiger partial charge in [-0.3, -0.25) is 0 Å². The molecule has 0 aliphatic rings. The monoisotopic (exact) mass is 358 g/mol. The number of benzene rings is 1. The molecule has 4 nitrogen and oxygen atoms in total. The summed E-state index contributed by atoms with van der Waals surface area (Å²) in [5.74, 6) is 0. The number of hydrogen-bond donors (Lipinski definition) is 1. The number of nitrogens with one attached hydrogen (secondary N) is 1. The van der Waals surface area contributed by atoms with Crippen LogP contribution in [0.25, 0.3) is 0 Å². The zero-order chi connectivity index (χ0) is 15.3. The Hall–Kier alpha value is -0.0400. The zero-order valence-corrected chi connectivity index (χ0v) is 14.4. The second-order valence-corrected chi connectivity index (χ2v) is 7.08. The molecule has 0 fully saturated rings. The molecule has 0 aliphatic carbocycles. The summed E-state index contributed by atoms with van der Waals surface area (Å²) in [5, 5.41) is 0.425. The Labute approximate surface area is 135 Å². The lowest BCUT2D eigenvalue weighted by molar-refractivity contribution is 0.309. The van der Waals surface area contributed by atoms with Gasteiger partial charge in [-0.1, -0.05) is 48.7 Å². The van der Waals surface area contributed by atoms with E-state index in [1.165, 1.54) is 12.1 Å². The fraction of sp³-hybridized carbons (Fsp3) is 0.500. The van der Waals surface area contributed by atoms with Crippen molar-refractivity contribution in [3.8, 4) is 0 Å². The van der Waals surface area contributed by atoms with Crippen LogP contribution >= 0.6 is 34.8 Å². The van der Waals surface area contributed by atoms with Crippen molar-refractivity contribution in [1.82, 2.24) is 9.62 Å². The van der Waals surface area contributed by atoms with Gasteiger partial charge in [0.25, 0.3) is 0 Å². The van der Waals surface area contributed by atoms with E-state index in [1.807, 2.05) is 13.8 Å². The smallest absolute Gasteiger partial charge is 0.242 e. The lowest BCUT2D eigenvalue weighted by Gasteiger charge is -2.18. The SMILES string of the molecule is CCN(CC)CCNS(=O)(=O)c1cc(Cl)c(Cl)cc1Cl. The van der Waals surface area contributed by atoms with Crippen molar-refractivity contribution >= 4 is 44.8 Å². The molecule has 20 heavy (non-hydrogen) atoms. The fourth-order valence-electron chi connectivity index (χ4n) is 1.67. The van der Waals surface area contributed by atoms with Crippen LogP contribution in [0.15, 0.2) is 17.0 Å². The Kier molecular flexibility index (Phi) is 7.04. The van der Waals surface area contributed by atoms with E-state index in [2.05, 4.69) is 9.62 Å². The second-order valence-electron chi connectivity index (χ2n) is 4.12. The molecule has 0 atom stereocenters. The van der Waals surface area contributed by atoms with Gasteiger partial charge in [0.1, 0.15) is 4.90 Å². The summed E-state index contributed by atoms with van der Waals surface area (Å²) < 4.78 is 26.8. The third-order valence-corrected chi connectivity index (χ3v) is 5.53. The van der Waals surface area contributed by atoms with Gasteiger partial charge < -0.3 is 4.90 Å². The van der Waals surface area contributed by atoms with Crippen molar-refractivity contribution in [2.24, 2.45) is 0 Å². The van der Waals surface area contributed by atoms with Crippen molar-refractivity contribution in [1.29, 1.82) is 0 Å². The van der Waals surface area contributed by atoms with Gasteiger partial charge in [-0.25, -0.2) is 13.1 Å². The lowest BCUT2D eigenvalue weighted by Crippen LogP contribution is -2.34. The van der Waals surface area contributed by atoms with Crippen LogP contribution in [0.3, 0.4) is 0 Å². The summed E-state index contributed by atoms with van der Waals surface area (Å²) in [6.07, 6.45) is 0. The average Bonchev–Trinajstić information content (AvgIpc) is 2.38. The summed E-state index contributed by atoms with van der Waals surface area (Å²) in [5.41, 5.74) is 0. The standard InChI is InChI=1S/C12H17Cl3N2O2S/c1-3-17(4-2)6-5-16-20(18,19)12-8-10(14)9(13)7-11(12)15/h7-8,16H,3-6H2,1-2H3. The molecule has 0 saturated carbocycles. The van der Waals surface area contributed by atoms with Crippen molar-refractivity contribution in [2.75, 3.05) is 26.2 Å². The minimum Gasteiger partial charge on any atom is -0.303 e. The average molecular weight is 360 g/mol. The molecule has 1 rings (SSSR count). The van der Waals surface area contributed by atoms with E-state index in [0.29, 0.717) is 13.1 Å². The maximum atomic E-state index is 12.2. The molecule has 0 saturated heterocycles. The van der Waals surface area contributed by atoms with E-state index >= 15 is 0 Å². The van der Waals surface area contributed by atoms with Gasteiger partial charge in [-0.15, -0.1) is 0 Å². The van der Waals surface area contributed by atoms with Gasteiger partial charge in [-0.2, -0.15) is 0 Å². The highest BCUT2D eigenvalue weighted by molar-refractivity contribution is 7.89. The molecule has 0 amide bonds. The number of rotatable bonds is 7. The normalized spacial score (nSPS) is 12.1. The number of sulfonamides is 1. The van der Waals surface area contributed by atoms with Gasteiger partial charge in [0.2, 0.25) is 10.0 Å². The molecule has 1 aromatic rings. The van der Waals surface area contributed by atoms with Crippen LogP contribution in [0.2, 0.25) is 15.1 Å². The highest BCUT2D eigenvalue weighted by Gasteiger charge is 2.19. The van der Waals surface area contributed by atoms with Crippen LogP contribution in [-0.2, 0) is 10.0 Å². The summed E-state index contributed by atoms with van der Waals surface area (Å²) in [7, 11) is -3.69. The van der Waals surface area contributed by atoms with Crippen LogP contribution in [-0.4, -0.2) is 39.5 Å². The molecular weight excluding hydrogens is 343 g/mol. The van der Waals surface area contributed by atoms with Crippen LogP contribution in [0.4, 0.5) is 0 Å². The molecule has 0 spiro atoms. The van der Waals surface area contributed by atoms with E-state index < -0.39 is 10.0 Å². The first-order chi connectivity index (χ1) is 9.31. The van der Waals surface area contributed by atoms with Gasteiger partial charge >= 0.3 is 0 Å². The highest BCUT2D eigenvalue weighted by atomic mass is 35.5. The second kappa shape index (κ2) is 7.82. The molecule has 114 valence electrons. The van der Waals surface area contributed by atoms with Gasteiger partial charge in [0, 0.05) is 13.1 Å². The first-order valence-corrected chi connectivity index (χ1v) is 8.80. The lowest BCUT2D eigenvalue weighted by atomic mass is 10.4. The molecule has 8 heteroatoms. The molecule has 0 unspecified atom stereocenters. The third-order valence-electron chi connectivity index (χ3n) is 2.88. The van der Waals surface area contributed by atoms with Crippen molar-refractivity contribution < 1.29 is 8.42 Å². The minimum atomic E-state index is -3.69. The van der Waals surface area contributed by atoms with Gasteiger partial charge in [-0.05, 0) is 25.2 Å². The molecule has 0 aromatic heterocycles. The fourth-order valence-corrected chi connectivity index (χ4v) is 3.69. The van der Waals surface area contributed by atoms with Gasteiger partial charge in [0.05, 0.1) is 15.1 Å². The number of halogens is 3. The van der Waals surface area contributed by atoms with E-state index in [9.17, 15) is 8.42 Å². The maximum absolute atomic E-state index is 12.2. The largest absolute Gasteiger partial charge is 0.303 e. The number of nitrogens with zero attached hydrogens (tertiary/aromatic N) is 1. The molecule has 0 radical (unpaired) electrons. The number of hydrogen-bond acceptors (Lipinski definition) is 3. The first kappa shape index (κ1) is 18.0. The first-order valence-electron chi connectivity index (χ1n) is 6.18. The van der Waals surface area contributed by atoms with Crippen molar-refractivity contribution in [2.45, 2.75) is 18.7 Å². The van der Waals surface area contributed by atoms with Crippen molar-refractivity contribution in [3.05, 3.63) is 27.2 Å². The Balaban J connectivity index is 2.82. The van der Waals surface area contributed by atoms with E-state index in [1.54, 1.807) is 0 Å².